The summed E-state index contributed by atoms with van der Waals surface area (Å²) < 4.78 is 0. The zero-order valence-corrected chi connectivity index (χ0v) is 5.91. The number of hydrogen-bond acceptors (Lipinski definition) is 2. The molecule has 0 spiro atoms. The molecule has 1 aromatic heterocycles. The van der Waals surface area contributed by atoms with E-state index in [1.165, 1.54) is 6.20 Å². The minimum Gasteiger partial charge on any atom is -0.405 e. The summed E-state index contributed by atoms with van der Waals surface area (Å²) >= 11 is 0. The van der Waals surface area contributed by atoms with Crippen LogP contribution in [0.5, 0.6) is 0 Å². The quantitative estimate of drug-likeness (QED) is 0.629. The van der Waals surface area contributed by atoms with Crippen molar-refractivity contribution in [2.75, 3.05) is 0 Å². The van der Waals surface area contributed by atoms with Gasteiger partial charge in [-0.15, -0.1) is 0 Å². The molecule has 10 heavy (non-hydrogen) atoms. The largest absolute Gasteiger partial charge is 0.405 e. The average Bonchev–Trinajstić information content (AvgIpc) is 1.95. The van der Waals surface area contributed by atoms with Crippen molar-refractivity contribution in [1.82, 2.24) is 4.98 Å². The summed E-state index contributed by atoms with van der Waals surface area (Å²) in [6, 6.07) is 3.93. The highest BCUT2D eigenvalue weighted by molar-refractivity contribution is 5.43. The van der Waals surface area contributed by atoms with Gasteiger partial charge in [-0.1, -0.05) is 6.07 Å². The number of nitrogens with zero attached hydrogens (tertiary/aromatic N) is 1. The molecule has 0 saturated heterocycles. The average molecular weight is 134 g/mol. The zero-order chi connectivity index (χ0) is 7.40. The highest BCUT2D eigenvalue weighted by Crippen LogP contribution is 1.98. The number of aryl methyl sites for hydroxylation is 1. The van der Waals surface area contributed by atoms with E-state index in [9.17, 15) is 0 Å². The van der Waals surface area contributed by atoms with E-state index < -0.39 is 0 Å². The van der Waals surface area contributed by atoms with Crippen LogP contribution in [0.3, 0.4) is 0 Å². The Morgan fingerprint density at radius 1 is 1.50 bits per heavy atom. The van der Waals surface area contributed by atoms with Gasteiger partial charge in [0.2, 0.25) is 0 Å². The number of aromatic nitrogens is 1. The Morgan fingerprint density at radius 3 is 2.80 bits per heavy atom. The van der Waals surface area contributed by atoms with E-state index in [1.54, 1.807) is 6.08 Å². The smallest absolute Gasteiger partial charge is 0.0644 e. The summed E-state index contributed by atoms with van der Waals surface area (Å²) in [4.78, 5) is 4.10. The Kier molecular flexibility index (Phi) is 2.05. The molecule has 0 aliphatic heterocycles. The fraction of sp³-hybridized carbons (Fsp3) is 0.125. The molecule has 1 aromatic rings. The molecule has 52 valence electrons. The van der Waals surface area contributed by atoms with Gasteiger partial charge in [-0.2, -0.15) is 0 Å². The number of rotatable bonds is 1. The first-order valence-electron chi connectivity index (χ1n) is 3.14. The van der Waals surface area contributed by atoms with Crippen LogP contribution in [0.2, 0.25) is 0 Å². The third kappa shape index (κ3) is 1.58. The van der Waals surface area contributed by atoms with Crippen molar-refractivity contribution in [3.05, 3.63) is 35.8 Å². The monoisotopic (exact) mass is 134 g/mol. The van der Waals surface area contributed by atoms with Crippen LogP contribution in [-0.4, -0.2) is 4.98 Å². The van der Waals surface area contributed by atoms with Crippen LogP contribution < -0.4 is 5.73 Å². The van der Waals surface area contributed by atoms with Crippen LogP contribution in [0.15, 0.2) is 24.5 Å². The molecule has 0 atom stereocenters. The van der Waals surface area contributed by atoms with Crippen molar-refractivity contribution in [2.45, 2.75) is 6.92 Å². The van der Waals surface area contributed by atoms with Gasteiger partial charge in [0.05, 0.1) is 5.69 Å². The van der Waals surface area contributed by atoms with Crippen molar-refractivity contribution < 1.29 is 0 Å². The molecule has 0 saturated carbocycles. The summed E-state index contributed by atoms with van der Waals surface area (Å²) in [5.74, 6) is 0. The van der Waals surface area contributed by atoms with Gasteiger partial charge < -0.3 is 5.73 Å². The van der Waals surface area contributed by atoms with Gasteiger partial charge in [0.1, 0.15) is 0 Å². The Hall–Kier alpha value is -1.31. The number of pyridine rings is 1. The number of hydrogen-bond donors (Lipinski definition) is 1. The number of nitrogens with two attached hydrogens (primary N) is 1. The molecule has 2 nitrogen and oxygen atoms in total. The summed E-state index contributed by atoms with van der Waals surface area (Å²) in [5, 5.41) is 0. The lowest BCUT2D eigenvalue weighted by Gasteiger charge is -1.91. The summed E-state index contributed by atoms with van der Waals surface area (Å²) in [6.45, 7) is 2.00. The van der Waals surface area contributed by atoms with Gasteiger partial charge in [0, 0.05) is 6.20 Å². The molecule has 0 radical (unpaired) electrons. The van der Waals surface area contributed by atoms with Gasteiger partial charge in [-0.25, -0.2) is 0 Å². The predicted octanol–water partition coefficient (Wildman–Crippen LogP) is 1.32. The van der Waals surface area contributed by atoms with Crippen molar-refractivity contribution in [3.8, 4) is 0 Å². The predicted molar refractivity (Wildman–Crippen MR) is 42.2 cm³/mol. The fourth-order valence-corrected chi connectivity index (χ4v) is 0.676. The van der Waals surface area contributed by atoms with Crippen molar-refractivity contribution in [3.63, 3.8) is 0 Å². The maximum atomic E-state index is 5.18. The minimum atomic E-state index is 0.896. The molecule has 0 aromatic carbocycles. The van der Waals surface area contributed by atoms with Crippen molar-refractivity contribution in [2.24, 2.45) is 5.73 Å². The van der Waals surface area contributed by atoms with E-state index >= 15 is 0 Å². The second kappa shape index (κ2) is 3.01. The molecule has 0 fully saturated rings. The molecule has 2 N–H and O–H groups in total. The second-order valence-corrected chi connectivity index (χ2v) is 2.12. The van der Waals surface area contributed by atoms with Crippen LogP contribution in [0.4, 0.5) is 0 Å². The highest BCUT2D eigenvalue weighted by Gasteiger charge is 1.85. The molecule has 0 bridgehead atoms. The molecular formula is C8H10N2. The first-order chi connectivity index (χ1) is 4.83. The second-order valence-electron chi connectivity index (χ2n) is 2.12. The molecule has 0 aliphatic rings. The lowest BCUT2D eigenvalue weighted by Crippen LogP contribution is -1.82. The van der Waals surface area contributed by atoms with E-state index in [4.69, 9.17) is 5.73 Å². The van der Waals surface area contributed by atoms with Crippen molar-refractivity contribution >= 4 is 6.08 Å². The van der Waals surface area contributed by atoms with Crippen LogP contribution in [0, 0.1) is 6.92 Å². The third-order valence-electron chi connectivity index (χ3n) is 1.20. The van der Waals surface area contributed by atoms with E-state index in [0.29, 0.717) is 0 Å². The van der Waals surface area contributed by atoms with E-state index in [0.717, 1.165) is 11.3 Å². The Labute approximate surface area is 60.4 Å². The standard InChI is InChI=1S/C8H10N2/c1-7-2-3-8(4-5-9)10-6-7/h2-6H,9H2,1H3/b5-4-. The summed E-state index contributed by atoms with van der Waals surface area (Å²) in [7, 11) is 0. The SMILES string of the molecule is Cc1ccc(/C=C\N)nc1. The van der Waals surface area contributed by atoms with Crippen LogP contribution >= 0.6 is 0 Å². The third-order valence-corrected chi connectivity index (χ3v) is 1.20. The van der Waals surface area contributed by atoms with Gasteiger partial charge >= 0.3 is 0 Å². The van der Waals surface area contributed by atoms with Crippen LogP contribution in [-0.2, 0) is 0 Å². The Bertz CT molecular complexity index is 224. The molecule has 0 aliphatic carbocycles. The lowest BCUT2D eigenvalue weighted by molar-refractivity contribution is 1.24. The van der Waals surface area contributed by atoms with Crippen LogP contribution in [0.1, 0.15) is 11.3 Å². The minimum absolute atomic E-state index is 0.896. The first kappa shape index (κ1) is 6.81. The fourth-order valence-electron chi connectivity index (χ4n) is 0.676. The van der Waals surface area contributed by atoms with Gasteiger partial charge in [0.25, 0.3) is 0 Å². The maximum absolute atomic E-state index is 5.18. The molecule has 1 rings (SSSR count). The lowest BCUT2D eigenvalue weighted by atomic mass is 10.3. The first-order valence-corrected chi connectivity index (χ1v) is 3.14. The Balaban J connectivity index is 2.89. The Morgan fingerprint density at radius 2 is 2.30 bits per heavy atom. The summed E-state index contributed by atoms with van der Waals surface area (Å²) in [5.41, 5.74) is 7.24. The summed E-state index contributed by atoms with van der Waals surface area (Å²) in [6.07, 6.45) is 5.06. The van der Waals surface area contributed by atoms with Gasteiger partial charge in [-0.05, 0) is 30.8 Å². The molecule has 0 amide bonds. The molecule has 1 heterocycles. The van der Waals surface area contributed by atoms with Crippen molar-refractivity contribution in [1.29, 1.82) is 0 Å². The van der Waals surface area contributed by atoms with E-state index in [2.05, 4.69) is 4.98 Å². The normalized spacial score (nSPS) is 10.5. The topological polar surface area (TPSA) is 38.9 Å². The maximum Gasteiger partial charge on any atom is 0.0644 e. The highest BCUT2D eigenvalue weighted by atomic mass is 14.7. The van der Waals surface area contributed by atoms with E-state index in [-0.39, 0.29) is 0 Å². The molecule has 2 heteroatoms. The molecule has 0 unspecified atom stereocenters. The van der Waals surface area contributed by atoms with Gasteiger partial charge in [0.15, 0.2) is 0 Å². The van der Waals surface area contributed by atoms with Crippen LogP contribution in [0.25, 0.3) is 6.08 Å². The van der Waals surface area contributed by atoms with Gasteiger partial charge in [-0.3, -0.25) is 4.98 Å². The zero-order valence-electron chi connectivity index (χ0n) is 5.91. The van der Waals surface area contributed by atoms with E-state index in [1.807, 2.05) is 25.3 Å². The molecular weight excluding hydrogens is 124 g/mol.